The van der Waals surface area contributed by atoms with Gasteiger partial charge in [-0.15, -0.1) is 201 Å². The molecule has 0 N–H and O–H groups in total. The molecule has 0 amide bonds. The Morgan fingerprint density at radius 1 is 0.206 bits per heavy atom. The van der Waals surface area contributed by atoms with Crippen molar-refractivity contribution in [2.75, 3.05) is 0 Å². The van der Waals surface area contributed by atoms with Crippen LogP contribution in [0.2, 0.25) is 0 Å². The van der Waals surface area contributed by atoms with Crippen LogP contribution < -0.4 is 0 Å². The van der Waals surface area contributed by atoms with Gasteiger partial charge in [-0.2, -0.15) is 72.8 Å². The van der Waals surface area contributed by atoms with Crippen molar-refractivity contribution in [1.29, 1.82) is 0 Å². The quantitative estimate of drug-likeness (QED) is 0.121. The van der Waals surface area contributed by atoms with E-state index in [4.69, 9.17) is 0 Å². The minimum absolute atomic E-state index is 0. The zero-order valence-corrected chi connectivity index (χ0v) is 65.1. The van der Waals surface area contributed by atoms with Gasteiger partial charge in [0.1, 0.15) is 0 Å². The van der Waals surface area contributed by atoms with E-state index in [9.17, 15) is 0 Å². The largest absolute Gasteiger partial charge is 2.00 e. The fraction of sp³-hybridized carbons (Fsp3) is 0. The topological polar surface area (TPSA) is 90.2 Å². The predicted molar refractivity (Wildman–Crippen MR) is 404 cm³/mol. The molecule has 0 saturated carbocycles. The van der Waals surface area contributed by atoms with Crippen LogP contribution in [0.4, 0.5) is 0 Å². The van der Waals surface area contributed by atoms with Crippen LogP contribution in [-0.4, -0.2) is 34.9 Å². The number of hydrogen-bond donors (Lipinski definition) is 0. The standard InChI is InChI=1S/2C13H8N.C12H8.3C11H8N.2C9H6NS.4Pt/c2*1-2-6-12-10(4-1)7-8-11-5-3-9-14-13(11)12;1-3-7-11(8-4-1)12-9-5-2-6-10-12;3*1-2-6-10(7-3-1)11-8-4-5-9-12-11;2*1-2-6-10-8(4-1)9-5-3-7-11-9;;;;/h2*1-5,7-9H;1-7,9H;3*1-6,8-9H;2*1-4,6-7H;;;;/q2*-1;-2;5*-1;;3*+2. The molecule has 18 aromatic rings. The molecule has 0 atom stereocenters. The van der Waals surface area contributed by atoms with Crippen LogP contribution in [0.5, 0.6) is 0 Å². The Kier molecular flexibility index (Phi) is 35.2. The molecule has 18 rings (SSSR count). The van der Waals surface area contributed by atoms with Gasteiger partial charge in [-0.25, -0.2) is 33.8 Å². The van der Waals surface area contributed by atoms with Gasteiger partial charge < -0.3 is 34.9 Å². The first-order valence-corrected chi connectivity index (χ1v) is 33.1. The number of rotatable bonds is 6. The molecule has 0 aliphatic heterocycles. The van der Waals surface area contributed by atoms with Crippen molar-refractivity contribution in [2.45, 2.75) is 0 Å². The van der Waals surface area contributed by atoms with E-state index in [2.05, 4.69) is 138 Å². The normalized spacial score (nSPS) is 9.65. The molecular weight excluding hydrogens is 2010 g/mol. The van der Waals surface area contributed by atoms with Crippen molar-refractivity contribution in [1.82, 2.24) is 34.9 Å². The molecule has 0 spiro atoms. The van der Waals surface area contributed by atoms with Crippen molar-refractivity contribution in [2.24, 2.45) is 0 Å². The summed E-state index contributed by atoms with van der Waals surface area (Å²) >= 11 is 3.32. The van der Waals surface area contributed by atoms with Crippen LogP contribution in [0.3, 0.4) is 0 Å². The molecule has 506 valence electrons. The van der Waals surface area contributed by atoms with E-state index in [1.54, 1.807) is 53.7 Å². The van der Waals surface area contributed by atoms with Crippen LogP contribution in [0.15, 0.2) is 364 Å². The molecular formula is C89H60N7Pt4S2-3. The summed E-state index contributed by atoms with van der Waals surface area (Å²) in [5.74, 6) is 0. The molecule has 9 heterocycles. The minimum atomic E-state index is 0. The third kappa shape index (κ3) is 24.8. The molecule has 0 saturated heterocycles. The first kappa shape index (κ1) is 79.5. The van der Waals surface area contributed by atoms with Gasteiger partial charge in [0.15, 0.2) is 0 Å². The first-order chi connectivity index (χ1) is 48.7. The third-order valence-corrected chi connectivity index (χ3v) is 15.9. The van der Waals surface area contributed by atoms with Gasteiger partial charge in [0.05, 0.1) is 0 Å². The molecule has 13 heteroatoms. The van der Waals surface area contributed by atoms with Gasteiger partial charge in [0, 0.05) is 64.4 Å². The number of pyridine rings is 7. The number of hydrogen-bond acceptors (Lipinski definition) is 9. The van der Waals surface area contributed by atoms with E-state index >= 15 is 0 Å². The number of aromatic nitrogens is 7. The first-order valence-electron chi connectivity index (χ1n) is 31.3. The smallest absolute Gasteiger partial charge is 0.319 e. The number of nitrogens with zero attached hydrogens (tertiary/aromatic N) is 7. The summed E-state index contributed by atoms with van der Waals surface area (Å²) in [7, 11) is 0. The second-order valence-electron chi connectivity index (χ2n) is 20.8. The van der Waals surface area contributed by atoms with Crippen LogP contribution in [0.1, 0.15) is 0 Å². The SMILES string of the molecule is [Pt+2].[Pt+2].[Pt+2].[Pt].[c-]1cccc2ccc3cccnc3c12.[c-]1cccc2ccc3cccnc3c12.[c-]1ccccc1-c1[c-]cccc1.[c-]1ccccc1-c1ccccn1.[c-]1ccccc1-c1ccccn1.[c-]1ccccc1-c1ccccn1.[c-]1ccsc1-c1ccccn1.[c-]1ccsc1-c1ccccn1. The fourth-order valence-electron chi connectivity index (χ4n) is 9.57. The minimum Gasteiger partial charge on any atom is -0.319 e. The summed E-state index contributed by atoms with van der Waals surface area (Å²) in [6.07, 6.45) is 12.6. The molecule has 7 nitrogen and oxygen atoms in total. The second kappa shape index (κ2) is 45.2. The van der Waals surface area contributed by atoms with Crippen LogP contribution >= 0.6 is 22.7 Å². The van der Waals surface area contributed by atoms with Crippen LogP contribution in [-0.2, 0) is 84.3 Å². The summed E-state index contributed by atoms with van der Waals surface area (Å²) in [5, 5.41) is 10.9. The zero-order valence-electron chi connectivity index (χ0n) is 54.4. The maximum atomic E-state index is 4.38. The van der Waals surface area contributed by atoms with Crippen molar-refractivity contribution >= 4 is 66.0 Å². The van der Waals surface area contributed by atoms with Gasteiger partial charge in [-0.1, -0.05) is 107 Å². The average molecular weight is 2070 g/mol. The second-order valence-corrected chi connectivity index (χ2v) is 22.6. The van der Waals surface area contributed by atoms with E-state index in [1.165, 1.54) is 21.5 Å². The van der Waals surface area contributed by atoms with E-state index in [1.807, 2.05) is 284 Å². The number of thiophene rings is 2. The molecule has 9 aromatic carbocycles. The summed E-state index contributed by atoms with van der Waals surface area (Å²) in [6.45, 7) is 0. The molecule has 0 aliphatic carbocycles. The van der Waals surface area contributed by atoms with Gasteiger partial charge >= 0.3 is 63.2 Å². The molecule has 0 aliphatic rings. The summed E-state index contributed by atoms with van der Waals surface area (Å²) in [5.41, 5.74) is 12.3. The zero-order chi connectivity index (χ0) is 66.7. The summed E-state index contributed by atoms with van der Waals surface area (Å²) in [6, 6.07) is 129. The van der Waals surface area contributed by atoms with E-state index in [-0.39, 0.29) is 84.3 Å². The third-order valence-electron chi connectivity index (χ3n) is 14.2. The maximum absolute atomic E-state index is 4.38. The Hall–Kier alpha value is -9.78. The van der Waals surface area contributed by atoms with Gasteiger partial charge in [-0.05, 0) is 92.7 Å². The number of fused-ring (bicyclic) bond motifs is 6. The Bertz CT molecular complexity index is 4430. The number of benzene rings is 9. The summed E-state index contributed by atoms with van der Waals surface area (Å²) < 4.78 is 0. The Morgan fingerprint density at radius 3 is 0.765 bits per heavy atom. The average Bonchev–Trinajstić information content (AvgIpc) is 0.930. The molecule has 0 unspecified atom stereocenters. The molecule has 0 fully saturated rings. The van der Waals surface area contributed by atoms with Crippen molar-refractivity contribution in [3.8, 4) is 66.0 Å². The van der Waals surface area contributed by atoms with Crippen LogP contribution in [0.25, 0.3) is 109 Å². The van der Waals surface area contributed by atoms with E-state index < -0.39 is 0 Å². The fourth-order valence-corrected chi connectivity index (χ4v) is 10.9. The predicted octanol–water partition coefficient (Wildman–Crippen LogP) is 22.2. The van der Waals surface area contributed by atoms with Gasteiger partial charge in [-0.3, -0.25) is 0 Å². The Balaban J connectivity index is 0.000000163. The van der Waals surface area contributed by atoms with Gasteiger partial charge in [0.2, 0.25) is 0 Å². The molecule has 9 aromatic heterocycles. The van der Waals surface area contributed by atoms with Crippen molar-refractivity contribution < 1.29 is 84.3 Å². The Morgan fingerprint density at radius 2 is 0.480 bits per heavy atom. The Labute approximate surface area is 662 Å². The molecule has 0 bridgehead atoms. The van der Waals surface area contributed by atoms with Crippen molar-refractivity contribution in [3.63, 3.8) is 0 Å². The monoisotopic (exact) mass is 2070 g/mol. The maximum Gasteiger partial charge on any atom is 2.00 e. The van der Waals surface area contributed by atoms with Crippen LogP contribution in [0, 0.1) is 54.6 Å². The van der Waals surface area contributed by atoms with Crippen molar-refractivity contribution in [3.05, 3.63) is 418 Å². The molecule has 102 heavy (non-hydrogen) atoms. The van der Waals surface area contributed by atoms with E-state index in [0.29, 0.717) is 0 Å². The molecule has 0 radical (unpaired) electrons. The van der Waals surface area contributed by atoms with E-state index in [0.717, 1.165) is 87.8 Å². The van der Waals surface area contributed by atoms with Gasteiger partial charge in [0.25, 0.3) is 0 Å². The summed E-state index contributed by atoms with van der Waals surface area (Å²) in [4.78, 5) is 32.0.